The van der Waals surface area contributed by atoms with Crippen LogP contribution in [-0.2, 0) is 0 Å². The van der Waals surface area contributed by atoms with E-state index in [9.17, 15) is 0 Å². The SMILES string of the molecule is c1ccc(-c2ccc(-c3ccccc3-c3cc(-c4ccccc4-c4ccc(-c5ncc(-c6ccccc6-c6cc(-c7ccccc7-c7ccc(-c8ccccn8)c8oc9ccccc9c78)cc(-c7ccccc7-c7ccc(-c8ccccn8)c8oc9ccccc9c78)c6)cn5)cc4)cc(-c4ccccc4-c4ccc(-c5ccccn5)c5oc6ccccc6c45)c3)c3c2oc2ccccc23)nc1. The monoisotopic (exact) mass is 1740 g/mol. The maximum atomic E-state index is 6.90. The summed E-state index contributed by atoms with van der Waals surface area (Å²) in [5.74, 6) is 0.604. The van der Waals surface area contributed by atoms with Crippen LogP contribution in [0.25, 0.3) is 278 Å². The minimum Gasteiger partial charge on any atom is -0.455 e. The van der Waals surface area contributed by atoms with Gasteiger partial charge in [-0.1, -0.05) is 291 Å². The van der Waals surface area contributed by atoms with Gasteiger partial charge in [0.2, 0.25) is 0 Å². The van der Waals surface area contributed by atoms with Crippen LogP contribution < -0.4 is 0 Å². The zero-order valence-corrected chi connectivity index (χ0v) is 73.2. The van der Waals surface area contributed by atoms with E-state index >= 15 is 0 Å². The molecule has 136 heavy (non-hydrogen) atoms. The van der Waals surface area contributed by atoms with Crippen molar-refractivity contribution in [1.82, 2.24) is 29.9 Å². The number of hydrogen-bond donors (Lipinski definition) is 0. The average Bonchev–Trinajstić information content (AvgIpc) is 1.52. The number of rotatable bonds is 17. The lowest BCUT2D eigenvalue weighted by Crippen LogP contribution is -1.94. The number of benzene rings is 17. The summed E-state index contributed by atoms with van der Waals surface area (Å²) >= 11 is 0. The molecule has 0 bridgehead atoms. The Bertz CT molecular complexity index is 8250. The van der Waals surface area contributed by atoms with E-state index in [1.54, 1.807) is 0 Å². The zero-order chi connectivity index (χ0) is 89.7. The van der Waals surface area contributed by atoms with E-state index in [2.05, 4.69) is 328 Å². The molecule has 0 saturated heterocycles. The molecular weight excluding hydrogens is 1660 g/mol. The smallest absolute Gasteiger partial charge is 0.159 e. The van der Waals surface area contributed by atoms with Gasteiger partial charge < -0.3 is 17.7 Å². The minimum absolute atomic E-state index is 0.604. The van der Waals surface area contributed by atoms with Gasteiger partial charge in [-0.15, -0.1) is 0 Å². The molecule has 10 nitrogen and oxygen atoms in total. The molecule has 10 heteroatoms. The van der Waals surface area contributed by atoms with Crippen LogP contribution in [0, 0.1) is 0 Å². The number of furan rings is 4. The number of nitrogens with zero attached hydrogens (tertiary/aromatic N) is 6. The van der Waals surface area contributed by atoms with Crippen LogP contribution in [0.1, 0.15) is 0 Å². The highest BCUT2D eigenvalue weighted by Gasteiger charge is 2.28. The molecule has 0 fully saturated rings. The maximum absolute atomic E-state index is 6.90. The van der Waals surface area contributed by atoms with Gasteiger partial charge in [-0.2, -0.15) is 0 Å². The zero-order valence-electron chi connectivity index (χ0n) is 73.2. The van der Waals surface area contributed by atoms with E-state index in [0.29, 0.717) is 5.82 Å². The van der Waals surface area contributed by atoms with E-state index in [1.165, 1.54) is 0 Å². The van der Waals surface area contributed by atoms with E-state index in [1.807, 2.05) is 134 Å². The highest BCUT2D eigenvalue weighted by molar-refractivity contribution is 6.22. The molecule has 0 aliphatic rings. The molecule has 0 N–H and O–H groups in total. The summed E-state index contributed by atoms with van der Waals surface area (Å²) in [6.45, 7) is 0. The summed E-state index contributed by atoms with van der Waals surface area (Å²) < 4.78 is 27.6. The Labute approximate surface area is 781 Å². The summed E-state index contributed by atoms with van der Waals surface area (Å²) in [5, 5.41) is 8.23. The van der Waals surface area contributed by atoms with Crippen molar-refractivity contribution >= 4 is 87.8 Å². The molecule has 26 rings (SSSR count). The highest BCUT2D eigenvalue weighted by atomic mass is 16.3. The van der Waals surface area contributed by atoms with Gasteiger partial charge in [0.25, 0.3) is 0 Å². The summed E-state index contributed by atoms with van der Waals surface area (Å²) in [6, 6.07) is 150. The number of pyridine rings is 4. The normalized spacial score (nSPS) is 11.7. The molecule has 0 aliphatic carbocycles. The topological polar surface area (TPSA) is 130 Å². The Morgan fingerprint density at radius 3 is 0.603 bits per heavy atom. The fraction of sp³-hybridized carbons (Fsp3) is 0. The Kier molecular flexibility index (Phi) is 19.0. The second kappa shape index (κ2) is 32.9. The Morgan fingerprint density at radius 2 is 0.346 bits per heavy atom. The van der Waals surface area contributed by atoms with Crippen LogP contribution >= 0.6 is 0 Å². The first-order valence-corrected chi connectivity index (χ1v) is 45.7. The van der Waals surface area contributed by atoms with Gasteiger partial charge in [0.1, 0.15) is 44.7 Å². The second-order valence-corrected chi connectivity index (χ2v) is 34.5. The van der Waals surface area contributed by atoms with Crippen molar-refractivity contribution in [3.63, 3.8) is 0 Å². The quantitative estimate of drug-likeness (QED) is 0.0868. The van der Waals surface area contributed by atoms with Gasteiger partial charge in [-0.3, -0.25) is 19.9 Å². The summed E-state index contributed by atoms with van der Waals surface area (Å²) in [4.78, 5) is 29.9. The molecule has 0 unspecified atom stereocenters. The number of para-hydroxylation sites is 4. The first kappa shape index (κ1) is 78.6. The van der Waals surface area contributed by atoms with Gasteiger partial charge in [-0.05, 0) is 261 Å². The predicted molar refractivity (Wildman–Crippen MR) is 555 cm³/mol. The highest BCUT2D eigenvalue weighted by Crippen LogP contribution is 2.53. The minimum atomic E-state index is 0.604. The summed E-state index contributed by atoms with van der Waals surface area (Å²) in [7, 11) is 0. The third-order valence-electron chi connectivity index (χ3n) is 26.7. The van der Waals surface area contributed by atoms with Crippen molar-refractivity contribution in [1.29, 1.82) is 0 Å². The largest absolute Gasteiger partial charge is 0.455 e. The van der Waals surface area contributed by atoms with Gasteiger partial charge in [0.15, 0.2) is 5.82 Å². The van der Waals surface area contributed by atoms with Crippen LogP contribution in [0.5, 0.6) is 0 Å². The second-order valence-electron chi connectivity index (χ2n) is 34.5. The van der Waals surface area contributed by atoms with E-state index < -0.39 is 0 Å². The fourth-order valence-corrected chi connectivity index (χ4v) is 20.6. The van der Waals surface area contributed by atoms with Crippen molar-refractivity contribution in [2.75, 3.05) is 0 Å². The van der Waals surface area contributed by atoms with Crippen LogP contribution in [0.4, 0.5) is 0 Å². The molecule has 9 heterocycles. The Morgan fingerprint density at radius 1 is 0.140 bits per heavy atom. The summed E-state index contributed by atoms with van der Waals surface area (Å²) in [6.07, 6.45) is 11.3. The predicted octanol–water partition coefficient (Wildman–Crippen LogP) is 34.0. The molecule has 9 aromatic heterocycles. The molecule has 0 atom stereocenters. The molecule has 0 saturated carbocycles. The molecule has 26 aromatic rings. The third kappa shape index (κ3) is 13.5. The van der Waals surface area contributed by atoms with Crippen LogP contribution in [0.3, 0.4) is 0 Å². The Balaban J connectivity index is 0.592. The van der Waals surface area contributed by atoms with Crippen LogP contribution in [0.2, 0.25) is 0 Å². The lowest BCUT2D eigenvalue weighted by atomic mass is 9.85. The van der Waals surface area contributed by atoms with Crippen LogP contribution in [0.15, 0.2) is 479 Å². The average molecular weight is 1740 g/mol. The standard InChI is InChI=1S/C126H76N6O4/c1-2-30-87(79-69-81(89-32-5-9-37-94(89)98-57-61-102(110-45-21-25-65-127-110)122-118(98)106-41-13-17-49-114(106)133-122)73-82(70-79)90-33-6-10-38-95(90)99-58-62-103(111-46-22-26-66-128-111)123-119(99)107-42-14-18-50-115(107)134-123)86(29-1)77-53-55-78(56-54-77)126-131-75-85(76-132-126)93-36-4-3-31-88(93)80-71-83(91-34-7-11-39-96(91)100-59-63-104(112-47-23-27-67-129-112)124-120(100)108-43-15-19-51-116(108)135-124)74-84(72-80)92-35-8-12-40-97(92)101-60-64-105(113-48-24-28-68-130-113)125-121(101)109-44-16-20-52-117(109)136-125/h1-76H. The van der Waals surface area contributed by atoms with Crippen molar-refractivity contribution in [2.24, 2.45) is 0 Å². The van der Waals surface area contributed by atoms with Gasteiger partial charge in [0.05, 0.1) is 22.8 Å². The van der Waals surface area contributed by atoms with Crippen molar-refractivity contribution in [3.8, 4) is 190 Å². The first-order chi connectivity index (χ1) is 67.5. The fourth-order valence-electron chi connectivity index (χ4n) is 20.6. The maximum Gasteiger partial charge on any atom is 0.159 e. The molecule has 0 radical (unpaired) electrons. The van der Waals surface area contributed by atoms with Gasteiger partial charge in [0, 0.05) is 114 Å². The van der Waals surface area contributed by atoms with Gasteiger partial charge in [-0.25, -0.2) is 9.97 Å². The molecular formula is C126H76N6O4. The molecule has 634 valence electrons. The summed E-state index contributed by atoms with van der Waals surface area (Å²) in [5.41, 5.74) is 39.3. The van der Waals surface area contributed by atoms with Crippen LogP contribution in [-0.4, -0.2) is 29.9 Å². The third-order valence-corrected chi connectivity index (χ3v) is 26.7. The van der Waals surface area contributed by atoms with Crippen molar-refractivity contribution in [2.45, 2.75) is 0 Å². The van der Waals surface area contributed by atoms with Gasteiger partial charge >= 0.3 is 0 Å². The lowest BCUT2D eigenvalue weighted by Gasteiger charge is -2.19. The van der Waals surface area contributed by atoms with Crippen molar-refractivity contribution in [3.05, 3.63) is 462 Å². The number of aromatic nitrogens is 6. The first-order valence-electron chi connectivity index (χ1n) is 45.7. The Hall–Kier alpha value is -18.4. The molecule has 0 aliphatic heterocycles. The van der Waals surface area contributed by atoms with E-state index in [4.69, 9.17) is 47.6 Å². The molecule has 0 amide bonds. The molecule has 0 spiro atoms. The number of fused-ring (bicyclic) bond motifs is 12. The van der Waals surface area contributed by atoms with E-state index in [-0.39, 0.29) is 0 Å². The van der Waals surface area contributed by atoms with E-state index in [0.717, 1.165) is 272 Å². The molecule has 17 aromatic carbocycles. The number of hydrogen-bond acceptors (Lipinski definition) is 10. The van der Waals surface area contributed by atoms with Crippen molar-refractivity contribution < 1.29 is 17.7 Å². The lowest BCUT2D eigenvalue weighted by molar-refractivity contribution is 0.669.